The maximum absolute atomic E-state index is 11.8. The van der Waals surface area contributed by atoms with Crippen molar-refractivity contribution in [2.45, 2.75) is 13.3 Å². The Kier molecular flexibility index (Phi) is 4.90. The number of carbonyl (C=O) groups is 1. The van der Waals surface area contributed by atoms with Gasteiger partial charge in [-0.1, -0.05) is 18.2 Å². The van der Waals surface area contributed by atoms with E-state index in [-0.39, 0.29) is 5.91 Å². The summed E-state index contributed by atoms with van der Waals surface area (Å²) in [5.74, 6) is 0.645. The third-order valence-electron chi connectivity index (χ3n) is 2.75. The number of ether oxygens (including phenoxy) is 1. The molecule has 2 rings (SSSR count). The van der Waals surface area contributed by atoms with E-state index in [4.69, 9.17) is 4.74 Å². The van der Waals surface area contributed by atoms with E-state index in [9.17, 15) is 4.79 Å². The fourth-order valence-corrected chi connectivity index (χ4v) is 2.33. The molecule has 4 nitrogen and oxygen atoms in total. The van der Waals surface area contributed by atoms with Crippen molar-refractivity contribution in [1.82, 2.24) is 5.43 Å². The van der Waals surface area contributed by atoms with Gasteiger partial charge < -0.3 is 4.74 Å². The van der Waals surface area contributed by atoms with Gasteiger partial charge in [0.1, 0.15) is 5.75 Å². The molecule has 1 N–H and O–H groups in total. The van der Waals surface area contributed by atoms with Crippen LogP contribution in [0, 0.1) is 0 Å². The third-order valence-corrected chi connectivity index (χ3v) is 3.73. The zero-order valence-corrected chi connectivity index (χ0v) is 12.2. The maximum Gasteiger partial charge on any atom is 0.244 e. The molecular weight excluding hydrogens is 272 g/mol. The molecule has 104 valence electrons. The van der Waals surface area contributed by atoms with Crippen LogP contribution in [0.25, 0.3) is 0 Å². The number of rotatable bonds is 5. The number of carbonyl (C=O) groups excluding carboxylic acids is 1. The highest BCUT2D eigenvalue weighted by Gasteiger charge is 2.04. The zero-order chi connectivity index (χ0) is 14.4. The van der Waals surface area contributed by atoms with Crippen molar-refractivity contribution in [3.8, 4) is 5.75 Å². The number of thiophene rings is 1. The van der Waals surface area contributed by atoms with Crippen LogP contribution in [-0.4, -0.2) is 18.7 Å². The summed E-state index contributed by atoms with van der Waals surface area (Å²) in [6.45, 7) is 1.87. The first-order valence-electron chi connectivity index (χ1n) is 6.19. The number of nitrogens with zero attached hydrogens (tertiary/aromatic N) is 1. The Morgan fingerprint density at radius 2 is 2.05 bits per heavy atom. The van der Waals surface area contributed by atoms with Crippen molar-refractivity contribution < 1.29 is 9.53 Å². The highest BCUT2D eigenvalue weighted by molar-refractivity contribution is 7.12. The Labute approximate surface area is 122 Å². The number of methoxy groups -OCH3 is 1. The van der Waals surface area contributed by atoms with Crippen molar-refractivity contribution >= 4 is 23.0 Å². The quantitative estimate of drug-likeness (QED) is 0.679. The Balaban J connectivity index is 1.90. The van der Waals surface area contributed by atoms with E-state index in [1.807, 2.05) is 48.7 Å². The molecule has 0 saturated carbocycles. The highest BCUT2D eigenvalue weighted by atomic mass is 32.1. The molecule has 20 heavy (non-hydrogen) atoms. The molecule has 0 aliphatic heterocycles. The van der Waals surface area contributed by atoms with Gasteiger partial charge in [0.2, 0.25) is 5.91 Å². The molecule has 0 spiro atoms. The first kappa shape index (κ1) is 14.3. The lowest BCUT2D eigenvalue weighted by atomic mass is 10.1. The van der Waals surface area contributed by atoms with Crippen molar-refractivity contribution in [2.24, 2.45) is 5.10 Å². The first-order valence-corrected chi connectivity index (χ1v) is 7.07. The minimum Gasteiger partial charge on any atom is -0.497 e. The summed E-state index contributed by atoms with van der Waals surface area (Å²) < 4.78 is 5.07. The zero-order valence-electron chi connectivity index (χ0n) is 11.4. The third kappa shape index (κ3) is 3.93. The van der Waals surface area contributed by atoms with Crippen LogP contribution in [0.15, 0.2) is 46.9 Å². The van der Waals surface area contributed by atoms with Crippen LogP contribution in [0.1, 0.15) is 17.4 Å². The Bertz CT molecular complexity index is 589. The number of benzene rings is 1. The van der Waals surface area contributed by atoms with Gasteiger partial charge in [0.25, 0.3) is 0 Å². The lowest BCUT2D eigenvalue weighted by Gasteiger charge is -2.03. The molecule has 1 amide bonds. The molecule has 2 aromatic rings. The van der Waals surface area contributed by atoms with Crippen LogP contribution < -0.4 is 10.2 Å². The summed E-state index contributed by atoms with van der Waals surface area (Å²) in [6, 6.07) is 11.3. The second-order valence-corrected chi connectivity index (χ2v) is 5.18. The molecule has 1 aromatic carbocycles. The molecule has 0 aliphatic rings. The summed E-state index contributed by atoms with van der Waals surface area (Å²) in [5.41, 5.74) is 4.30. The van der Waals surface area contributed by atoms with E-state index in [0.29, 0.717) is 6.42 Å². The predicted molar refractivity (Wildman–Crippen MR) is 81.4 cm³/mol. The fourth-order valence-electron chi connectivity index (χ4n) is 1.65. The lowest BCUT2D eigenvalue weighted by molar-refractivity contribution is -0.120. The van der Waals surface area contributed by atoms with Gasteiger partial charge >= 0.3 is 0 Å². The number of amides is 1. The smallest absolute Gasteiger partial charge is 0.244 e. The summed E-state index contributed by atoms with van der Waals surface area (Å²) in [7, 11) is 1.61. The van der Waals surface area contributed by atoms with E-state index < -0.39 is 0 Å². The Hall–Kier alpha value is -2.14. The molecule has 0 unspecified atom stereocenters. The van der Waals surface area contributed by atoms with Gasteiger partial charge in [-0.25, -0.2) is 5.43 Å². The molecule has 0 radical (unpaired) electrons. The Morgan fingerprint density at radius 3 is 2.65 bits per heavy atom. The van der Waals surface area contributed by atoms with Crippen LogP contribution in [-0.2, 0) is 11.2 Å². The van der Waals surface area contributed by atoms with E-state index >= 15 is 0 Å². The molecule has 1 aromatic heterocycles. The topological polar surface area (TPSA) is 50.7 Å². The van der Waals surface area contributed by atoms with Gasteiger partial charge in [-0.2, -0.15) is 5.10 Å². The summed E-state index contributed by atoms with van der Waals surface area (Å²) in [5, 5.41) is 6.08. The lowest BCUT2D eigenvalue weighted by Crippen LogP contribution is -2.21. The van der Waals surface area contributed by atoms with Gasteiger partial charge in [0, 0.05) is 4.88 Å². The molecule has 0 atom stereocenters. The monoisotopic (exact) mass is 288 g/mol. The largest absolute Gasteiger partial charge is 0.497 e. The number of hydrogen-bond acceptors (Lipinski definition) is 4. The van der Waals surface area contributed by atoms with Crippen LogP contribution in [0.3, 0.4) is 0 Å². The maximum atomic E-state index is 11.8. The predicted octanol–water partition coefficient (Wildman–Crippen LogP) is 2.84. The molecule has 0 bridgehead atoms. The van der Waals surface area contributed by atoms with Gasteiger partial charge in [-0.15, -0.1) is 11.3 Å². The number of hydrazone groups is 1. The second kappa shape index (κ2) is 6.86. The second-order valence-electron chi connectivity index (χ2n) is 4.23. The van der Waals surface area contributed by atoms with E-state index in [1.54, 1.807) is 18.4 Å². The SMILES string of the molecule is COc1ccc(CC(=O)N/N=C(/C)c2cccs2)cc1. The molecule has 0 saturated heterocycles. The van der Waals surface area contributed by atoms with Crippen molar-refractivity contribution in [1.29, 1.82) is 0 Å². The average molecular weight is 288 g/mol. The van der Waals surface area contributed by atoms with E-state index in [1.165, 1.54) is 0 Å². The molecule has 5 heteroatoms. The average Bonchev–Trinajstić information content (AvgIpc) is 3.00. The number of nitrogens with one attached hydrogen (secondary N) is 1. The minimum absolute atomic E-state index is 0.133. The van der Waals surface area contributed by atoms with Crippen LogP contribution in [0.2, 0.25) is 0 Å². The first-order chi connectivity index (χ1) is 9.69. The van der Waals surface area contributed by atoms with Gasteiger partial charge in [0.05, 0.1) is 19.2 Å². The molecular formula is C15H16N2O2S. The van der Waals surface area contributed by atoms with Crippen LogP contribution in [0.4, 0.5) is 0 Å². The van der Waals surface area contributed by atoms with Crippen molar-refractivity contribution in [3.63, 3.8) is 0 Å². The highest BCUT2D eigenvalue weighted by Crippen LogP contribution is 2.12. The van der Waals surface area contributed by atoms with Gasteiger partial charge in [-0.3, -0.25) is 4.79 Å². The van der Waals surface area contributed by atoms with Crippen LogP contribution >= 0.6 is 11.3 Å². The number of hydrogen-bond donors (Lipinski definition) is 1. The fraction of sp³-hybridized carbons (Fsp3) is 0.200. The van der Waals surface area contributed by atoms with E-state index in [2.05, 4.69) is 10.5 Å². The van der Waals surface area contributed by atoms with E-state index in [0.717, 1.165) is 21.9 Å². The summed E-state index contributed by atoms with van der Waals surface area (Å²) in [6.07, 6.45) is 0.297. The standard InChI is InChI=1S/C15H16N2O2S/c1-11(14-4-3-9-20-14)16-17-15(18)10-12-5-7-13(19-2)8-6-12/h3-9H,10H2,1-2H3,(H,17,18)/b16-11-. The van der Waals surface area contributed by atoms with Crippen LogP contribution in [0.5, 0.6) is 5.75 Å². The molecule has 0 fully saturated rings. The van der Waals surface area contributed by atoms with Gasteiger partial charge in [0.15, 0.2) is 0 Å². The van der Waals surface area contributed by atoms with Gasteiger partial charge in [-0.05, 0) is 36.1 Å². The Morgan fingerprint density at radius 1 is 1.30 bits per heavy atom. The molecule has 0 aliphatic carbocycles. The summed E-state index contributed by atoms with van der Waals surface area (Å²) >= 11 is 1.59. The van der Waals surface area contributed by atoms with Crippen molar-refractivity contribution in [3.05, 3.63) is 52.2 Å². The van der Waals surface area contributed by atoms with Crippen molar-refractivity contribution in [2.75, 3.05) is 7.11 Å². The summed E-state index contributed by atoms with van der Waals surface area (Å²) in [4.78, 5) is 12.8. The normalized spacial score (nSPS) is 11.2. The minimum atomic E-state index is -0.133. The molecule has 1 heterocycles.